The van der Waals surface area contributed by atoms with Crippen LogP contribution in [0.3, 0.4) is 0 Å². The molecule has 0 unspecified atom stereocenters. The lowest BCUT2D eigenvalue weighted by Crippen LogP contribution is -2.21. The van der Waals surface area contributed by atoms with E-state index < -0.39 is 5.63 Å². The zero-order valence-corrected chi connectivity index (χ0v) is 15.3. The largest absolute Gasteiger partial charge is 0.422 e. The molecule has 2 heterocycles. The van der Waals surface area contributed by atoms with Gasteiger partial charge < -0.3 is 15.1 Å². The van der Waals surface area contributed by atoms with Gasteiger partial charge in [-0.3, -0.25) is 0 Å². The molecule has 0 fully saturated rings. The van der Waals surface area contributed by atoms with Gasteiger partial charge in [-0.15, -0.1) is 0 Å². The molecule has 2 aromatic heterocycles. The lowest BCUT2D eigenvalue weighted by atomic mass is 10.1. The summed E-state index contributed by atoms with van der Waals surface area (Å²) < 4.78 is 5.35. The van der Waals surface area contributed by atoms with E-state index in [0.717, 1.165) is 29.7 Å². The molecular formula is C21H20N4O2. The van der Waals surface area contributed by atoms with Crippen molar-refractivity contribution in [3.63, 3.8) is 0 Å². The molecule has 0 saturated carbocycles. The van der Waals surface area contributed by atoms with Crippen molar-refractivity contribution in [2.24, 2.45) is 0 Å². The zero-order chi connectivity index (χ0) is 19.0. The highest BCUT2D eigenvalue weighted by Gasteiger charge is 2.15. The topological polar surface area (TPSA) is 85.3 Å². The highest BCUT2D eigenvalue weighted by atomic mass is 16.4. The first-order valence-corrected chi connectivity index (χ1v) is 8.96. The summed E-state index contributed by atoms with van der Waals surface area (Å²) in [5, 5.41) is 0.958. The fraction of sp³-hybridized carbons (Fsp3) is 0.190. The van der Waals surface area contributed by atoms with E-state index in [1.807, 2.05) is 42.5 Å². The van der Waals surface area contributed by atoms with Crippen LogP contribution in [0, 0.1) is 0 Å². The van der Waals surface area contributed by atoms with Gasteiger partial charge in [0.05, 0.1) is 5.52 Å². The van der Waals surface area contributed by atoms with E-state index in [-0.39, 0.29) is 11.2 Å². The molecule has 6 nitrogen and oxygen atoms in total. The van der Waals surface area contributed by atoms with Gasteiger partial charge in [0.2, 0.25) is 0 Å². The van der Waals surface area contributed by atoms with Gasteiger partial charge in [0.15, 0.2) is 5.82 Å². The molecule has 0 amide bonds. The number of hydrogen-bond acceptors (Lipinski definition) is 6. The van der Waals surface area contributed by atoms with Gasteiger partial charge in [0.25, 0.3) is 0 Å². The summed E-state index contributed by atoms with van der Waals surface area (Å²) in [6, 6.07) is 15.3. The molecule has 0 atom stereocenters. The normalized spacial score (nSPS) is 11.2. The monoisotopic (exact) mass is 360 g/mol. The van der Waals surface area contributed by atoms with Crippen LogP contribution in [0.15, 0.2) is 57.7 Å². The number of hydrogen-bond donors (Lipinski definition) is 1. The van der Waals surface area contributed by atoms with Crippen LogP contribution in [0.25, 0.3) is 33.3 Å². The van der Waals surface area contributed by atoms with Crippen molar-refractivity contribution in [2.45, 2.75) is 13.8 Å². The smallest absolute Gasteiger partial charge is 0.349 e. The Morgan fingerprint density at radius 3 is 2.41 bits per heavy atom. The Labute approximate surface area is 156 Å². The first kappa shape index (κ1) is 17.0. The molecule has 6 heteroatoms. The second-order valence-corrected chi connectivity index (χ2v) is 6.26. The molecule has 136 valence electrons. The number of benzene rings is 2. The third kappa shape index (κ3) is 2.89. The Hall–Kier alpha value is -3.41. The first-order valence-electron chi connectivity index (χ1n) is 8.96. The number of nitrogens with zero attached hydrogens (tertiary/aromatic N) is 3. The fourth-order valence-electron chi connectivity index (χ4n) is 3.32. The van der Waals surface area contributed by atoms with E-state index in [9.17, 15) is 4.79 Å². The standard InChI is InChI=1S/C21H20N4O2/c1-3-25(4-2)14-11-9-13(10-12-14)20-23-18-15-7-5-6-8-16(15)27-21(26)17(18)19(22)24-20/h5-12H,3-4H2,1-2H3,(H2,22,23,24). The van der Waals surface area contributed by atoms with Gasteiger partial charge in [0, 0.05) is 29.7 Å². The molecule has 27 heavy (non-hydrogen) atoms. The zero-order valence-electron chi connectivity index (χ0n) is 15.3. The van der Waals surface area contributed by atoms with Crippen LogP contribution in [-0.2, 0) is 0 Å². The Morgan fingerprint density at radius 1 is 1.00 bits per heavy atom. The van der Waals surface area contributed by atoms with Crippen LogP contribution >= 0.6 is 0 Å². The van der Waals surface area contributed by atoms with Crippen molar-refractivity contribution >= 4 is 33.4 Å². The van der Waals surface area contributed by atoms with E-state index in [0.29, 0.717) is 16.9 Å². The van der Waals surface area contributed by atoms with Crippen molar-refractivity contribution in [3.8, 4) is 11.4 Å². The van der Waals surface area contributed by atoms with Crippen molar-refractivity contribution in [1.82, 2.24) is 9.97 Å². The van der Waals surface area contributed by atoms with Crippen molar-refractivity contribution in [3.05, 3.63) is 59.0 Å². The van der Waals surface area contributed by atoms with Gasteiger partial charge in [-0.25, -0.2) is 14.8 Å². The average Bonchev–Trinajstić information content (AvgIpc) is 2.69. The predicted octanol–water partition coefficient (Wildman–Crippen LogP) is 3.83. The van der Waals surface area contributed by atoms with Crippen LogP contribution in [-0.4, -0.2) is 23.1 Å². The SMILES string of the molecule is CCN(CC)c1ccc(-c2nc(N)c3c(=O)oc4ccccc4c3n2)cc1. The van der Waals surface area contributed by atoms with E-state index in [1.165, 1.54) is 0 Å². The Bertz CT molecular complexity index is 1180. The van der Waals surface area contributed by atoms with Crippen LogP contribution in [0.1, 0.15) is 13.8 Å². The molecule has 0 bridgehead atoms. The van der Waals surface area contributed by atoms with Crippen LogP contribution in [0.5, 0.6) is 0 Å². The van der Waals surface area contributed by atoms with E-state index in [2.05, 4.69) is 28.7 Å². The highest BCUT2D eigenvalue weighted by molar-refractivity contribution is 6.05. The highest BCUT2D eigenvalue weighted by Crippen LogP contribution is 2.27. The number of nitrogen functional groups attached to an aromatic ring is 1. The third-order valence-corrected chi connectivity index (χ3v) is 4.74. The fourth-order valence-corrected chi connectivity index (χ4v) is 3.32. The number of aromatic nitrogens is 2. The van der Waals surface area contributed by atoms with Gasteiger partial charge in [-0.2, -0.15) is 0 Å². The van der Waals surface area contributed by atoms with Crippen molar-refractivity contribution < 1.29 is 4.42 Å². The lowest BCUT2D eigenvalue weighted by Gasteiger charge is -2.21. The Kier molecular flexibility index (Phi) is 4.24. The van der Waals surface area contributed by atoms with E-state index in [4.69, 9.17) is 10.2 Å². The maximum absolute atomic E-state index is 12.3. The van der Waals surface area contributed by atoms with Crippen molar-refractivity contribution in [1.29, 1.82) is 0 Å². The molecule has 4 rings (SSSR count). The summed E-state index contributed by atoms with van der Waals surface area (Å²) in [5.74, 6) is 0.615. The minimum atomic E-state index is -0.523. The van der Waals surface area contributed by atoms with Crippen LogP contribution in [0.2, 0.25) is 0 Å². The van der Waals surface area contributed by atoms with E-state index >= 15 is 0 Å². The lowest BCUT2D eigenvalue weighted by molar-refractivity contribution is 0.569. The Morgan fingerprint density at radius 2 is 1.70 bits per heavy atom. The maximum Gasteiger partial charge on any atom is 0.349 e. The van der Waals surface area contributed by atoms with Gasteiger partial charge in [-0.1, -0.05) is 12.1 Å². The summed E-state index contributed by atoms with van der Waals surface area (Å²) in [6.07, 6.45) is 0. The minimum absolute atomic E-state index is 0.127. The average molecular weight is 360 g/mol. The summed E-state index contributed by atoms with van der Waals surface area (Å²) in [6.45, 7) is 6.14. The maximum atomic E-state index is 12.3. The molecule has 0 saturated heterocycles. The van der Waals surface area contributed by atoms with E-state index in [1.54, 1.807) is 6.07 Å². The number of rotatable bonds is 4. The van der Waals surface area contributed by atoms with Gasteiger partial charge >= 0.3 is 5.63 Å². The second kappa shape index (κ2) is 6.72. The molecule has 2 aromatic carbocycles. The molecule has 0 radical (unpaired) electrons. The molecule has 0 aliphatic heterocycles. The summed E-state index contributed by atoms with van der Waals surface area (Å²) in [4.78, 5) is 23.6. The van der Waals surface area contributed by atoms with Gasteiger partial charge in [0.1, 0.15) is 16.8 Å². The summed E-state index contributed by atoms with van der Waals surface area (Å²) >= 11 is 0. The molecule has 0 aliphatic carbocycles. The number of fused-ring (bicyclic) bond motifs is 3. The molecular weight excluding hydrogens is 340 g/mol. The van der Waals surface area contributed by atoms with Crippen LogP contribution < -0.4 is 16.3 Å². The van der Waals surface area contributed by atoms with Crippen LogP contribution in [0.4, 0.5) is 11.5 Å². The molecule has 0 aliphatic rings. The van der Waals surface area contributed by atoms with Crippen molar-refractivity contribution in [2.75, 3.05) is 23.7 Å². The van der Waals surface area contributed by atoms with Gasteiger partial charge in [-0.05, 0) is 50.2 Å². The molecule has 0 spiro atoms. The Balaban J connectivity index is 1.90. The second-order valence-electron chi connectivity index (χ2n) is 6.26. The number of anilines is 2. The third-order valence-electron chi connectivity index (χ3n) is 4.74. The minimum Gasteiger partial charge on any atom is -0.422 e. The first-order chi connectivity index (χ1) is 13.1. The number of para-hydroxylation sites is 1. The molecule has 4 aromatic rings. The summed E-state index contributed by atoms with van der Waals surface area (Å²) in [5.41, 5.74) is 8.54. The molecule has 2 N–H and O–H groups in total. The number of nitrogens with two attached hydrogens (primary N) is 1. The summed E-state index contributed by atoms with van der Waals surface area (Å²) in [7, 11) is 0. The quantitative estimate of drug-likeness (QED) is 0.440. The predicted molar refractivity (Wildman–Crippen MR) is 109 cm³/mol.